The topological polar surface area (TPSA) is 90.4 Å². The van der Waals surface area contributed by atoms with Gasteiger partial charge in [0.2, 0.25) is 27.5 Å². The van der Waals surface area contributed by atoms with Gasteiger partial charge in [-0.3, -0.25) is 0 Å². The summed E-state index contributed by atoms with van der Waals surface area (Å²) in [5.41, 5.74) is 0.938. The van der Waals surface area contributed by atoms with Gasteiger partial charge in [-0.2, -0.15) is 14.6 Å². The fraction of sp³-hybridized carbons (Fsp3) is 0.565. The number of nitriles is 1. The number of nitrogens with zero attached hydrogens (tertiary/aromatic N) is 4. The normalized spacial score (nSPS) is 23.3. The molecule has 2 aliphatic rings. The summed E-state index contributed by atoms with van der Waals surface area (Å²) in [6.07, 6.45) is 5.12. The Balaban J connectivity index is 1.58. The minimum atomic E-state index is -3.50. The SMILES string of the molecule is C[C@H]1C[C@H](C)CN(c2oc(-c3ccc(S(=O)(=O)N4CCCCCC4)cc3)nc2C#N)C1. The molecule has 0 amide bonds. The van der Waals surface area contributed by atoms with Crippen molar-refractivity contribution in [2.75, 3.05) is 31.1 Å². The summed E-state index contributed by atoms with van der Waals surface area (Å²) in [6, 6.07) is 8.79. The Bertz CT molecular complexity index is 1040. The van der Waals surface area contributed by atoms with Crippen molar-refractivity contribution in [2.45, 2.75) is 50.8 Å². The van der Waals surface area contributed by atoms with Crippen molar-refractivity contribution in [3.05, 3.63) is 30.0 Å². The van der Waals surface area contributed by atoms with Crippen LogP contribution < -0.4 is 4.90 Å². The zero-order chi connectivity index (χ0) is 22.0. The van der Waals surface area contributed by atoms with Crippen LogP contribution in [0.4, 0.5) is 5.88 Å². The fourth-order valence-electron chi connectivity index (χ4n) is 4.75. The molecule has 0 bridgehead atoms. The van der Waals surface area contributed by atoms with Gasteiger partial charge in [0.05, 0.1) is 4.90 Å². The first kappa shape index (κ1) is 21.8. The zero-order valence-electron chi connectivity index (χ0n) is 18.2. The molecule has 7 nitrogen and oxygen atoms in total. The molecule has 0 radical (unpaired) electrons. The van der Waals surface area contributed by atoms with E-state index in [1.165, 1.54) is 0 Å². The lowest BCUT2D eigenvalue weighted by molar-refractivity contribution is 0.344. The highest BCUT2D eigenvalue weighted by atomic mass is 32.2. The second-order valence-electron chi connectivity index (χ2n) is 8.98. The van der Waals surface area contributed by atoms with E-state index < -0.39 is 10.0 Å². The summed E-state index contributed by atoms with van der Waals surface area (Å²) in [4.78, 5) is 6.77. The van der Waals surface area contributed by atoms with Crippen LogP contribution in [0.3, 0.4) is 0 Å². The van der Waals surface area contributed by atoms with Crippen molar-refractivity contribution in [3.63, 3.8) is 0 Å². The van der Waals surface area contributed by atoms with E-state index in [0.29, 0.717) is 42.3 Å². The highest BCUT2D eigenvalue weighted by molar-refractivity contribution is 7.89. The second kappa shape index (κ2) is 9.01. The first-order chi connectivity index (χ1) is 14.9. The van der Waals surface area contributed by atoms with Crippen LogP contribution in [0.15, 0.2) is 33.6 Å². The van der Waals surface area contributed by atoms with Crippen molar-refractivity contribution in [3.8, 4) is 17.5 Å². The monoisotopic (exact) mass is 442 g/mol. The molecule has 1 aromatic carbocycles. The number of benzene rings is 1. The Morgan fingerprint density at radius 2 is 1.65 bits per heavy atom. The maximum Gasteiger partial charge on any atom is 0.243 e. The summed E-state index contributed by atoms with van der Waals surface area (Å²) < 4.78 is 33.6. The molecular weight excluding hydrogens is 412 g/mol. The van der Waals surface area contributed by atoms with Crippen LogP contribution in [-0.2, 0) is 10.0 Å². The van der Waals surface area contributed by atoms with Crippen molar-refractivity contribution < 1.29 is 12.8 Å². The van der Waals surface area contributed by atoms with E-state index in [0.717, 1.165) is 45.2 Å². The van der Waals surface area contributed by atoms with E-state index in [9.17, 15) is 13.7 Å². The lowest BCUT2D eigenvalue weighted by atomic mass is 9.92. The van der Waals surface area contributed by atoms with Gasteiger partial charge < -0.3 is 9.32 Å². The largest absolute Gasteiger partial charge is 0.419 e. The van der Waals surface area contributed by atoms with Gasteiger partial charge in [0.1, 0.15) is 6.07 Å². The number of rotatable bonds is 4. The standard InChI is InChI=1S/C23H30N4O3S/c1-17-13-18(2)16-26(15-17)23-21(14-24)25-22(30-23)19-7-9-20(10-8-19)31(28,29)27-11-5-3-4-6-12-27/h7-10,17-18H,3-6,11-13,15-16H2,1-2H3/t17-,18-/m0/s1. The quantitative estimate of drug-likeness (QED) is 0.703. The van der Waals surface area contributed by atoms with Crippen LogP contribution in [0.2, 0.25) is 0 Å². The Morgan fingerprint density at radius 1 is 1.03 bits per heavy atom. The maximum absolute atomic E-state index is 13.0. The van der Waals surface area contributed by atoms with E-state index in [1.807, 2.05) is 0 Å². The highest BCUT2D eigenvalue weighted by Crippen LogP contribution is 2.33. The van der Waals surface area contributed by atoms with Gasteiger partial charge in [0, 0.05) is 31.7 Å². The van der Waals surface area contributed by atoms with E-state index in [1.54, 1.807) is 28.6 Å². The molecule has 2 fully saturated rings. The van der Waals surface area contributed by atoms with Gasteiger partial charge in [-0.1, -0.05) is 26.7 Å². The van der Waals surface area contributed by atoms with Crippen molar-refractivity contribution in [1.29, 1.82) is 5.26 Å². The number of aromatic nitrogens is 1. The first-order valence-corrected chi connectivity index (χ1v) is 12.6. The maximum atomic E-state index is 13.0. The van der Waals surface area contributed by atoms with Crippen LogP contribution in [0, 0.1) is 23.2 Å². The second-order valence-corrected chi connectivity index (χ2v) is 10.9. The molecule has 2 aromatic rings. The molecule has 2 saturated heterocycles. The minimum absolute atomic E-state index is 0.276. The first-order valence-electron chi connectivity index (χ1n) is 11.1. The third kappa shape index (κ3) is 4.63. The lowest BCUT2D eigenvalue weighted by Crippen LogP contribution is -2.38. The van der Waals surface area contributed by atoms with Crippen LogP contribution in [0.25, 0.3) is 11.5 Å². The molecular formula is C23H30N4O3S. The van der Waals surface area contributed by atoms with E-state index in [4.69, 9.17) is 4.42 Å². The molecule has 166 valence electrons. The number of hydrogen-bond acceptors (Lipinski definition) is 6. The molecule has 0 unspecified atom stereocenters. The van der Waals surface area contributed by atoms with Gasteiger partial charge in [0.15, 0.2) is 0 Å². The molecule has 3 heterocycles. The van der Waals surface area contributed by atoms with Crippen molar-refractivity contribution >= 4 is 15.9 Å². The summed E-state index contributed by atoms with van der Waals surface area (Å²) in [5, 5.41) is 9.58. The summed E-state index contributed by atoms with van der Waals surface area (Å²) in [7, 11) is -3.50. The number of oxazole rings is 1. The minimum Gasteiger partial charge on any atom is -0.419 e. The van der Waals surface area contributed by atoms with E-state index in [2.05, 4.69) is 29.8 Å². The number of hydrogen-bond donors (Lipinski definition) is 0. The molecule has 0 spiro atoms. The molecule has 2 aliphatic heterocycles. The van der Waals surface area contributed by atoms with Crippen LogP contribution in [0.5, 0.6) is 0 Å². The molecule has 31 heavy (non-hydrogen) atoms. The molecule has 4 rings (SSSR count). The average Bonchev–Trinajstić information content (AvgIpc) is 2.98. The molecule has 0 aliphatic carbocycles. The van der Waals surface area contributed by atoms with E-state index >= 15 is 0 Å². The summed E-state index contributed by atoms with van der Waals surface area (Å²) in [5.74, 6) is 1.90. The van der Waals surface area contributed by atoms with Crippen molar-refractivity contribution in [2.24, 2.45) is 11.8 Å². The Kier molecular flexibility index (Phi) is 6.35. The summed E-state index contributed by atoms with van der Waals surface area (Å²) in [6.45, 7) is 7.23. The zero-order valence-corrected chi connectivity index (χ0v) is 19.1. The van der Waals surface area contributed by atoms with Gasteiger partial charge >= 0.3 is 0 Å². The number of sulfonamides is 1. The predicted molar refractivity (Wildman–Crippen MR) is 119 cm³/mol. The molecule has 0 N–H and O–H groups in total. The molecule has 8 heteroatoms. The van der Waals surface area contributed by atoms with Gasteiger partial charge in [0.25, 0.3) is 0 Å². The fourth-order valence-corrected chi connectivity index (χ4v) is 6.27. The number of anilines is 1. The number of piperidine rings is 1. The van der Waals surface area contributed by atoms with Crippen LogP contribution in [-0.4, -0.2) is 43.9 Å². The van der Waals surface area contributed by atoms with Crippen LogP contribution >= 0.6 is 0 Å². The highest BCUT2D eigenvalue weighted by Gasteiger charge is 2.28. The predicted octanol–water partition coefficient (Wildman–Crippen LogP) is 4.26. The summed E-state index contributed by atoms with van der Waals surface area (Å²) >= 11 is 0. The Hall–Kier alpha value is -2.37. The molecule has 0 saturated carbocycles. The average molecular weight is 443 g/mol. The third-order valence-corrected chi connectivity index (χ3v) is 8.09. The van der Waals surface area contributed by atoms with Gasteiger partial charge in [-0.05, 0) is 55.4 Å². The van der Waals surface area contributed by atoms with Gasteiger partial charge in [-0.15, -0.1) is 0 Å². The van der Waals surface area contributed by atoms with Crippen molar-refractivity contribution in [1.82, 2.24) is 9.29 Å². The Labute approximate surface area is 184 Å². The van der Waals surface area contributed by atoms with Crippen LogP contribution in [0.1, 0.15) is 51.6 Å². The third-order valence-electron chi connectivity index (χ3n) is 6.18. The Morgan fingerprint density at radius 3 is 2.23 bits per heavy atom. The molecule has 1 aromatic heterocycles. The molecule has 2 atom stereocenters. The van der Waals surface area contributed by atoms with E-state index in [-0.39, 0.29) is 10.6 Å². The van der Waals surface area contributed by atoms with Gasteiger partial charge in [-0.25, -0.2) is 8.42 Å². The lowest BCUT2D eigenvalue weighted by Gasteiger charge is -2.34. The smallest absolute Gasteiger partial charge is 0.243 e.